The Kier molecular flexibility index (Phi) is 8.52. The minimum absolute atomic E-state index is 0.00681. The van der Waals surface area contributed by atoms with Crippen LogP contribution in [0.15, 0.2) is 64.3 Å². The summed E-state index contributed by atoms with van der Waals surface area (Å²) in [6.45, 7) is 6.94. The van der Waals surface area contributed by atoms with Crippen molar-refractivity contribution in [1.82, 2.24) is 9.88 Å². The summed E-state index contributed by atoms with van der Waals surface area (Å²) in [4.78, 5) is 26.7. The number of nitrogens with zero attached hydrogens (tertiary/aromatic N) is 1. The first kappa shape index (κ1) is 29.1. The Morgan fingerprint density at radius 2 is 1.68 bits per heavy atom. The van der Waals surface area contributed by atoms with E-state index in [4.69, 9.17) is 4.74 Å². The Hall–Kier alpha value is -3.44. The predicted octanol–water partition coefficient (Wildman–Crippen LogP) is 4.98. The van der Waals surface area contributed by atoms with Crippen LogP contribution in [0.4, 0.5) is 13.2 Å². The van der Waals surface area contributed by atoms with E-state index < -0.39 is 39.1 Å². The highest BCUT2D eigenvalue weighted by molar-refractivity contribution is 7.90. The Morgan fingerprint density at radius 1 is 1.05 bits per heavy atom. The molecule has 1 atom stereocenters. The van der Waals surface area contributed by atoms with Crippen LogP contribution in [0.3, 0.4) is 0 Å². The van der Waals surface area contributed by atoms with Crippen molar-refractivity contribution in [2.45, 2.75) is 57.5 Å². The van der Waals surface area contributed by atoms with Crippen molar-refractivity contribution in [1.29, 1.82) is 0 Å². The number of hydrogen-bond acceptors (Lipinski definition) is 5. The molecule has 11 heteroatoms. The van der Waals surface area contributed by atoms with Crippen LogP contribution >= 0.6 is 0 Å². The third-order valence-electron chi connectivity index (χ3n) is 5.88. The monoisotopic (exact) mass is 550 g/mol. The zero-order valence-electron chi connectivity index (χ0n) is 21.6. The number of nitrogens with one attached hydrogen (secondary N) is 1. The van der Waals surface area contributed by atoms with Gasteiger partial charge in [0.2, 0.25) is 0 Å². The molecular weight excluding hydrogens is 521 g/mol. The molecule has 1 N–H and O–H groups in total. The summed E-state index contributed by atoms with van der Waals surface area (Å²) in [5.74, 6) is -0.735. The molecule has 2 aromatic carbocycles. The number of alkyl halides is 3. The molecule has 0 radical (unpaired) electrons. The Bertz CT molecular complexity index is 1490. The summed E-state index contributed by atoms with van der Waals surface area (Å²) < 4.78 is 70.4. The fourth-order valence-electron chi connectivity index (χ4n) is 4.04. The molecule has 1 unspecified atom stereocenters. The number of sulfone groups is 1. The van der Waals surface area contributed by atoms with Crippen molar-refractivity contribution < 1.29 is 31.1 Å². The normalized spacial score (nSPS) is 13.0. The molecule has 0 saturated carbocycles. The number of ether oxygens (including phenoxy) is 1. The molecule has 3 rings (SSSR count). The summed E-state index contributed by atoms with van der Waals surface area (Å²) in [5, 5.41) is 2.63. The van der Waals surface area contributed by atoms with Crippen molar-refractivity contribution in [3.63, 3.8) is 0 Å². The number of aromatic nitrogens is 1. The van der Waals surface area contributed by atoms with Gasteiger partial charge in [-0.2, -0.15) is 13.2 Å². The van der Waals surface area contributed by atoms with Crippen molar-refractivity contribution in [2.75, 3.05) is 6.26 Å². The maximum Gasteiger partial charge on any atom is 0.416 e. The van der Waals surface area contributed by atoms with E-state index >= 15 is 0 Å². The average Bonchev–Trinajstić information content (AvgIpc) is 2.81. The summed E-state index contributed by atoms with van der Waals surface area (Å²) >= 11 is 0. The Balaban J connectivity index is 2.06. The molecule has 0 spiro atoms. The van der Waals surface area contributed by atoms with Crippen molar-refractivity contribution in [3.8, 4) is 5.69 Å². The van der Waals surface area contributed by atoms with E-state index in [9.17, 15) is 31.2 Å². The van der Waals surface area contributed by atoms with Crippen LogP contribution in [-0.2, 0) is 27.3 Å². The lowest BCUT2D eigenvalue weighted by Crippen LogP contribution is -2.34. The molecule has 3 aromatic rings. The molecular formula is C27H29F3N2O5S. The second kappa shape index (κ2) is 11.1. The van der Waals surface area contributed by atoms with Gasteiger partial charge in [0.05, 0.1) is 22.7 Å². The van der Waals surface area contributed by atoms with Crippen molar-refractivity contribution in [3.05, 3.63) is 92.9 Å². The van der Waals surface area contributed by atoms with Gasteiger partial charge in [-0.25, -0.2) is 8.42 Å². The molecule has 0 aliphatic rings. The summed E-state index contributed by atoms with van der Waals surface area (Å²) in [7, 11) is -3.38. The number of carbonyl (C=O) groups is 1. The molecule has 0 saturated heterocycles. The first-order chi connectivity index (χ1) is 17.6. The highest BCUT2D eigenvalue weighted by Gasteiger charge is 2.31. The first-order valence-electron chi connectivity index (χ1n) is 11.8. The van der Waals surface area contributed by atoms with Crippen molar-refractivity contribution >= 4 is 15.7 Å². The lowest BCUT2D eigenvalue weighted by atomic mass is 10.0. The van der Waals surface area contributed by atoms with E-state index in [1.807, 2.05) is 13.8 Å². The summed E-state index contributed by atoms with van der Waals surface area (Å²) in [6.07, 6.45) is -4.29. The van der Waals surface area contributed by atoms with Crippen LogP contribution in [0.5, 0.6) is 0 Å². The maximum absolute atomic E-state index is 13.5. The van der Waals surface area contributed by atoms with Crippen molar-refractivity contribution in [2.24, 2.45) is 0 Å². The van der Waals surface area contributed by atoms with Gasteiger partial charge in [0.25, 0.3) is 11.5 Å². The number of hydrogen-bond donors (Lipinski definition) is 1. The molecule has 0 aliphatic carbocycles. The minimum atomic E-state index is -4.62. The van der Waals surface area contributed by atoms with E-state index in [0.29, 0.717) is 16.8 Å². The van der Waals surface area contributed by atoms with Crippen LogP contribution in [0.2, 0.25) is 0 Å². The number of carbonyl (C=O) groups excluding carboxylic acids is 1. The maximum atomic E-state index is 13.5. The van der Waals surface area contributed by atoms with Gasteiger partial charge >= 0.3 is 6.18 Å². The lowest BCUT2D eigenvalue weighted by Gasteiger charge is -2.23. The van der Waals surface area contributed by atoms with Gasteiger partial charge in [-0.3, -0.25) is 14.2 Å². The molecule has 1 amide bonds. The third kappa shape index (κ3) is 6.70. The zero-order chi connectivity index (χ0) is 28.4. The minimum Gasteiger partial charge on any atom is -0.371 e. The first-order valence-corrected chi connectivity index (χ1v) is 13.7. The van der Waals surface area contributed by atoms with Crippen LogP contribution in [0.25, 0.3) is 5.69 Å². The molecule has 38 heavy (non-hydrogen) atoms. The second-order valence-corrected chi connectivity index (χ2v) is 11.2. The second-order valence-electron chi connectivity index (χ2n) is 9.21. The van der Waals surface area contributed by atoms with E-state index in [0.717, 1.165) is 23.0 Å². The summed E-state index contributed by atoms with van der Waals surface area (Å²) in [5.41, 5.74) is -0.614. The standard InChI is InChI=1S/C27H29F3N2O5S/c1-16(2)37-18(4)23-14-24(25(33)31-15-19-9-11-22(12-10-19)38(5,35)36)26(34)32(17(23)3)21-8-6-7-20(13-21)27(28,29)30/h6-14,16,18H,15H2,1-5H3,(H,31,33). The van der Waals surface area contributed by atoms with Crippen LogP contribution in [0, 0.1) is 6.92 Å². The van der Waals surface area contributed by atoms with Crippen LogP contribution < -0.4 is 10.9 Å². The largest absolute Gasteiger partial charge is 0.416 e. The fourth-order valence-corrected chi connectivity index (χ4v) is 4.67. The molecule has 7 nitrogen and oxygen atoms in total. The summed E-state index contributed by atoms with van der Waals surface area (Å²) in [6, 6.07) is 11.6. The quantitative estimate of drug-likeness (QED) is 0.427. The Morgan fingerprint density at radius 3 is 2.24 bits per heavy atom. The van der Waals surface area contributed by atoms with E-state index in [-0.39, 0.29) is 28.8 Å². The highest BCUT2D eigenvalue weighted by atomic mass is 32.2. The van der Waals surface area contributed by atoms with Crippen LogP contribution in [-0.4, -0.2) is 31.3 Å². The lowest BCUT2D eigenvalue weighted by molar-refractivity contribution is -0.137. The van der Waals surface area contributed by atoms with Gasteiger partial charge in [0.1, 0.15) is 5.56 Å². The number of benzene rings is 2. The zero-order valence-corrected chi connectivity index (χ0v) is 22.4. The SMILES string of the molecule is Cc1c(C(C)OC(C)C)cc(C(=O)NCc2ccc(S(C)(=O)=O)cc2)c(=O)n1-c1cccc(C(F)(F)F)c1. The average molecular weight is 551 g/mol. The molecule has 0 fully saturated rings. The molecule has 204 valence electrons. The van der Waals surface area contributed by atoms with E-state index in [1.165, 1.54) is 42.5 Å². The van der Waals surface area contributed by atoms with Crippen LogP contribution in [0.1, 0.15) is 59.6 Å². The van der Waals surface area contributed by atoms with Gasteiger partial charge in [0, 0.05) is 29.7 Å². The molecule has 1 heterocycles. The van der Waals surface area contributed by atoms with Gasteiger partial charge in [-0.15, -0.1) is 0 Å². The molecule has 0 aliphatic heterocycles. The highest BCUT2D eigenvalue weighted by Crippen LogP contribution is 2.31. The number of pyridine rings is 1. The van der Waals surface area contributed by atoms with Gasteiger partial charge < -0.3 is 10.1 Å². The van der Waals surface area contributed by atoms with Gasteiger partial charge in [-0.1, -0.05) is 18.2 Å². The van der Waals surface area contributed by atoms with Gasteiger partial charge in [-0.05, 0) is 69.7 Å². The number of halogens is 3. The van der Waals surface area contributed by atoms with Gasteiger partial charge in [0.15, 0.2) is 9.84 Å². The predicted molar refractivity (Wildman–Crippen MR) is 137 cm³/mol. The topological polar surface area (TPSA) is 94.5 Å². The fraction of sp³-hybridized carbons (Fsp3) is 0.333. The Labute approximate surface area is 219 Å². The molecule has 1 aromatic heterocycles. The number of amides is 1. The third-order valence-corrected chi connectivity index (χ3v) is 7.01. The van der Waals surface area contributed by atoms with E-state index in [1.54, 1.807) is 13.8 Å². The number of rotatable bonds is 8. The molecule has 0 bridgehead atoms. The van der Waals surface area contributed by atoms with E-state index in [2.05, 4.69) is 5.32 Å². The smallest absolute Gasteiger partial charge is 0.371 e.